The molecule has 12 aromatic rings. The summed E-state index contributed by atoms with van der Waals surface area (Å²) in [6.07, 6.45) is 0. The summed E-state index contributed by atoms with van der Waals surface area (Å²) in [7, 11) is 0. The zero-order valence-corrected chi connectivity index (χ0v) is 34.0. The summed E-state index contributed by atoms with van der Waals surface area (Å²) >= 11 is 1.75. The van der Waals surface area contributed by atoms with E-state index in [2.05, 4.69) is 121 Å². The lowest BCUT2D eigenvalue weighted by Crippen LogP contribution is -2.01. The van der Waals surface area contributed by atoms with Crippen molar-refractivity contribution in [3.63, 3.8) is 0 Å². The Balaban J connectivity index is 1.01. The third-order valence-corrected chi connectivity index (χ3v) is 12.8. The van der Waals surface area contributed by atoms with Crippen LogP contribution in [0.3, 0.4) is 0 Å². The molecule has 0 unspecified atom stereocenters. The van der Waals surface area contributed by atoms with Crippen molar-refractivity contribution in [2.24, 2.45) is 0 Å². The molecule has 3 heterocycles. The highest BCUT2D eigenvalue weighted by atomic mass is 32.1. The van der Waals surface area contributed by atoms with Crippen molar-refractivity contribution in [3.8, 4) is 73.2 Å². The summed E-state index contributed by atoms with van der Waals surface area (Å²) in [5, 5.41) is 3.64. The van der Waals surface area contributed by atoms with Gasteiger partial charge >= 0.3 is 0 Å². The molecule has 0 aliphatic carbocycles. The van der Waals surface area contributed by atoms with Crippen LogP contribution in [0.1, 0.15) is 5.48 Å². The predicted octanol–water partition coefficient (Wildman–Crippen LogP) is 15.3. The molecule has 0 bridgehead atoms. The first-order valence-corrected chi connectivity index (χ1v) is 21.3. The van der Waals surface area contributed by atoms with E-state index in [0.717, 1.165) is 71.4 Å². The van der Waals surface area contributed by atoms with E-state index in [9.17, 15) is 1.37 Å². The van der Waals surface area contributed by atoms with Gasteiger partial charge in [0.05, 0.1) is 16.5 Å². The second-order valence-corrected chi connectivity index (χ2v) is 16.4. The molecule has 290 valence electrons. The van der Waals surface area contributed by atoms with Gasteiger partial charge in [0.2, 0.25) is 0 Å². The predicted molar refractivity (Wildman–Crippen MR) is 260 cm³/mol. The van der Waals surface area contributed by atoms with Gasteiger partial charge in [-0.1, -0.05) is 176 Å². The quantitative estimate of drug-likeness (QED) is 0.161. The van der Waals surface area contributed by atoms with Gasteiger partial charge in [0.15, 0.2) is 17.5 Å². The van der Waals surface area contributed by atoms with E-state index >= 15 is 0 Å². The van der Waals surface area contributed by atoms with Crippen LogP contribution in [0.5, 0.6) is 0 Å². The molecule has 0 fully saturated rings. The number of thiophene rings is 1. The molecule has 62 heavy (non-hydrogen) atoms. The molecular formula is C57H36N4S. The monoisotopic (exact) mass is 812 g/mol. The van der Waals surface area contributed by atoms with Crippen molar-refractivity contribution in [2.45, 2.75) is 0 Å². The lowest BCUT2D eigenvalue weighted by molar-refractivity contribution is 1.07. The van der Waals surface area contributed by atoms with Gasteiger partial charge in [-0.25, -0.2) is 15.0 Å². The number of para-hydroxylation sites is 2. The number of nitrogens with zero attached hydrogens (tertiary/aromatic N) is 4. The summed E-state index contributed by atoms with van der Waals surface area (Å²) in [6.45, 7) is 0. The average molecular weight is 813 g/mol. The number of benzene rings is 9. The SMILES string of the molecule is [2H]c1c([2H])c([2H])c2c(c1[2H])c1cccc(-c3ccc(-c4ccccc4)cc3)c1n2-c1ccc(-c2nc(-c3ccc(-c4ccccc4)cc3)nc(-c3ccc4c(c3)sc3ccccc34)n2)cc1. The van der Waals surface area contributed by atoms with Crippen molar-refractivity contribution in [2.75, 3.05) is 0 Å². The molecule has 4 nitrogen and oxygen atoms in total. The van der Waals surface area contributed by atoms with Crippen LogP contribution in [0.25, 0.3) is 115 Å². The zero-order chi connectivity index (χ0) is 44.5. The molecule has 9 aromatic carbocycles. The minimum Gasteiger partial charge on any atom is -0.309 e. The number of hydrogen-bond donors (Lipinski definition) is 0. The van der Waals surface area contributed by atoms with Crippen LogP contribution in [0.15, 0.2) is 218 Å². The van der Waals surface area contributed by atoms with Crippen molar-refractivity contribution >= 4 is 53.3 Å². The van der Waals surface area contributed by atoms with Crippen LogP contribution >= 0.6 is 11.3 Å². The van der Waals surface area contributed by atoms with E-state index in [1.165, 1.54) is 15.5 Å². The lowest BCUT2D eigenvalue weighted by Gasteiger charge is -2.13. The molecular weight excluding hydrogens is 773 g/mol. The van der Waals surface area contributed by atoms with E-state index in [1.54, 1.807) is 11.3 Å². The molecule has 3 aromatic heterocycles. The molecule has 0 saturated carbocycles. The second-order valence-electron chi connectivity index (χ2n) is 15.3. The molecule has 0 N–H and O–H groups in total. The van der Waals surface area contributed by atoms with Gasteiger partial charge in [0.1, 0.15) is 0 Å². The number of rotatable bonds is 7. The lowest BCUT2D eigenvalue weighted by atomic mass is 9.98. The first kappa shape index (κ1) is 31.9. The van der Waals surface area contributed by atoms with E-state index < -0.39 is 0 Å². The standard InChI is InChI=1S/C57H36N4S/c1-3-12-37(13-4-1)39-22-26-41(27-23-39)46-18-11-19-50-47-16-7-9-20-51(47)61(54(46)50)45-33-30-43(31-34-45)56-58-55(42-28-24-40(25-29-42)38-14-5-2-6-15-38)59-57(60-56)44-32-35-49-48-17-8-10-21-52(48)62-53(49)36-44/h1-36H/i7D,9D,16D,20D. The van der Waals surface area contributed by atoms with Crippen molar-refractivity contribution in [3.05, 3.63) is 218 Å². The Morgan fingerprint density at radius 3 is 1.55 bits per heavy atom. The van der Waals surface area contributed by atoms with Crippen LogP contribution < -0.4 is 0 Å². The van der Waals surface area contributed by atoms with E-state index in [-0.39, 0.29) is 24.2 Å². The Labute approximate surface area is 368 Å². The Hall–Kier alpha value is -7.99. The van der Waals surface area contributed by atoms with Gasteiger partial charge in [-0.15, -0.1) is 11.3 Å². The summed E-state index contributed by atoms with van der Waals surface area (Å²) in [5.41, 5.74) is 10.8. The first-order chi connectivity index (χ1) is 32.4. The van der Waals surface area contributed by atoms with Gasteiger partial charge in [-0.3, -0.25) is 0 Å². The largest absolute Gasteiger partial charge is 0.309 e. The Bertz CT molecular complexity index is 3830. The normalized spacial score (nSPS) is 12.5. The van der Waals surface area contributed by atoms with Gasteiger partial charge < -0.3 is 4.57 Å². The fourth-order valence-corrected chi connectivity index (χ4v) is 9.71. The Morgan fingerprint density at radius 1 is 0.371 bits per heavy atom. The number of aromatic nitrogens is 4. The topological polar surface area (TPSA) is 43.6 Å². The van der Waals surface area contributed by atoms with Crippen LogP contribution in [0.4, 0.5) is 0 Å². The van der Waals surface area contributed by atoms with Gasteiger partial charge in [-0.05, 0) is 70.3 Å². The fourth-order valence-electron chi connectivity index (χ4n) is 8.56. The third-order valence-electron chi connectivity index (χ3n) is 11.6. The number of hydrogen-bond acceptors (Lipinski definition) is 4. The smallest absolute Gasteiger partial charge is 0.164 e. The maximum absolute atomic E-state index is 9.24. The summed E-state index contributed by atoms with van der Waals surface area (Å²) in [6, 6.07) is 65.3. The molecule has 0 saturated heterocycles. The highest BCUT2D eigenvalue weighted by Gasteiger charge is 2.18. The Morgan fingerprint density at radius 2 is 0.871 bits per heavy atom. The van der Waals surface area contributed by atoms with Crippen LogP contribution in [-0.2, 0) is 0 Å². The molecule has 0 spiro atoms. The van der Waals surface area contributed by atoms with Crippen LogP contribution in [0, 0.1) is 0 Å². The van der Waals surface area contributed by atoms with Gasteiger partial charge in [0, 0.05) is 58.9 Å². The summed E-state index contributed by atoms with van der Waals surface area (Å²) in [5.74, 6) is 1.62. The summed E-state index contributed by atoms with van der Waals surface area (Å²) in [4.78, 5) is 15.3. The van der Waals surface area contributed by atoms with E-state index in [4.69, 9.17) is 19.1 Å². The fraction of sp³-hybridized carbons (Fsp3) is 0. The van der Waals surface area contributed by atoms with Gasteiger partial charge in [-0.2, -0.15) is 0 Å². The van der Waals surface area contributed by atoms with E-state index in [1.807, 2.05) is 77.4 Å². The maximum atomic E-state index is 9.24. The van der Waals surface area contributed by atoms with Gasteiger partial charge in [0.25, 0.3) is 0 Å². The molecule has 0 amide bonds. The maximum Gasteiger partial charge on any atom is 0.164 e. The molecule has 12 rings (SSSR count). The third kappa shape index (κ3) is 6.26. The average Bonchev–Trinajstić information content (AvgIpc) is 3.94. The molecule has 0 atom stereocenters. The zero-order valence-electron chi connectivity index (χ0n) is 37.2. The van der Waals surface area contributed by atoms with Crippen molar-refractivity contribution in [1.29, 1.82) is 0 Å². The van der Waals surface area contributed by atoms with Crippen LogP contribution in [0.2, 0.25) is 0 Å². The summed E-state index contributed by atoms with van der Waals surface area (Å²) < 4.78 is 40.1. The molecule has 5 heteroatoms. The van der Waals surface area contributed by atoms with Crippen molar-refractivity contribution in [1.82, 2.24) is 19.5 Å². The molecule has 0 aliphatic rings. The minimum absolute atomic E-state index is 0.0705. The highest BCUT2D eigenvalue weighted by Crippen LogP contribution is 2.40. The molecule has 0 aliphatic heterocycles. The van der Waals surface area contributed by atoms with Crippen molar-refractivity contribution < 1.29 is 5.48 Å². The Kier molecular flexibility index (Phi) is 7.67. The minimum atomic E-state index is -0.280. The van der Waals surface area contributed by atoms with Crippen LogP contribution in [-0.4, -0.2) is 19.5 Å². The molecule has 0 radical (unpaired) electrons. The second kappa shape index (κ2) is 14.9. The highest BCUT2D eigenvalue weighted by molar-refractivity contribution is 7.25. The number of fused-ring (bicyclic) bond motifs is 6. The van der Waals surface area contributed by atoms with E-state index in [0.29, 0.717) is 28.4 Å². The first-order valence-electron chi connectivity index (χ1n) is 22.5.